The lowest BCUT2D eigenvalue weighted by atomic mass is 9.79. The summed E-state index contributed by atoms with van der Waals surface area (Å²) >= 11 is 0. The van der Waals surface area contributed by atoms with Crippen LogP contribution >= 0.6 is 0 Å². The highest BCUT2D eigenvalue weighted by molar-refractivity contribution is 5.92. The zero-order valence-electron chi connectivity index (χ0n) is 21.4. The second kappa shape index (κ2) is 9.64. The number of amides is 2. The number of likely N-dealkylation sites (tertiary alicyclic amines) is 1. The van der Waals surface area contributed by atoms with E-state index in [1.165, 1.54) is 11.0 Å². The van der Waals surface area contributed by atoms with Crippen LogP contribution in [0.5, 0.6) is 0 Å². The van der Waals surface area contributed by atoms with Crippen LogP contribution in [0.25, 0.3) is 22.3 Å². The second-order valence-corrected chi connectivity index (χ2v) is 10.8. The fourth-order valence-corrected chi connectivity index (χ4v) is 5.73. The van der Waals surface area contributed by atoms with Crippen LogP contribution in [-0.2, 0) is 4.79 Å². The van der Waals surface area contributed by atoms with Crippen LogP contribution in [-0.4, -0.2) is 69.8 Å². The third kappa shape index (κ3) is 4.72. The van der Waals surface area contributed by atoms with Gasteiger partial charge < -0.3 is 24.8 Å². The van der Waals surface area contributed by atoms with E-state index in [1.54, 1.807) is 25.2 Å². The van der Waals surface area contributed by atoms with Gasteiger partial charge in [-0.05, 0) is 37.0 Å². The fourth-order valence-electron chi connectivity index (χ4n) is 5.73. The Labute approximate surface area is 215 Å². The smallest absolute Gasteiger partial charge is 0.407 e. The summed E-state index contributed by atoms with van der Waals surface area (Å²) in [6.07, 6.45) is 2.97. The molecule has 9 nitrogen and oxygen atoms in total. The quantitative estimate of drug-likeness (QED) is 0.497. The summed E-state index contributed by atoms with van der Waals surface area (Å²) in [5.74, 6) is 0.443. The molecule has 2 amide bonds. The molecule has 2 aliphatic heterocycles. The van der Waals surface area contributed by atoms with E-state index in [4.69, 9.17) is 9.97 Å². The summed E-state index contributed by atoms with van der Waals surface area (Å²) in [4.78, 5) is 37.0. The Balaban J connectivity index is 1.59. The van der Waals surface area contributed by atoms with Gasteiger partial charge in [-0.3, -0.25) is 4.79 Å². The van der Waals surface area contributed by atoms with Crippen molar-refractivity contribution in [1.82, 2.24) is 24.8 Å². The summed E-state index contributed by atoms with van der Waals surface area (Å²) < 4.78 is 17.0. The van der Waals surface area contributed by atoms with E-state index in [9.17, 15) is 19.1 Å². The molecule has 10 heteroatoms. The number of anilines is 1. The summed E-state index contributed by atoms with van der Waals surface area (Å²) in [6, 6.07) is 8.37. The molecule has 2 aliphatic rings. The molecular formula is C27H33FN6O3. The average molecular weight is 509 g/mol. The van der Waals surface area contributed by atoms with Crippen LogP contribution in [0.15, 0.2) is 36.5 Å². The van der Waals surface area contributed by atoms with Gasteiger partial charge in [-0.1, -0.05) is 26.0 Å². The molecule has 2 N–H and O–H groups in total. The summed E-state index contributed by atoms with van der Waals surface area (Å²) in [5.41, 5.74) is 1.48. The summed E-state index contributed by atoms with van der Waals surface area (Å²) in [5, 5.41) is 12.7. The molecule has 37 heavy (non-hydrogen) atoms. The second-order valence-electron chi connectivity index (χ2n) is 10.8. The number of hydrogen-bond donors (Lipinski definition) is 2. The molecule has 1 aromatic carbocycles. The first-order valence-corrected chi connectivity index (χ1v) is 12.8. The van der Waals surface area contributed by atoms with Crippen molar-refractivity contribution in [2.75, 3.05) is 38.1 Å². The molecule has 0 unspecified atom stereocenters. The van der Waals surface area contributed by atoms with E-state index < -0.39 is 6.09 Å². The molecule has 0 saturated carbocycles. The number of halogens is 1. The third-order valence-electron chi connectivity index (χ3n) is 7.57. The van der Waals surface area contributed by atoms with Crippen LogP contribution in [0.1, 0.15) is 39.2 Å². The Morgan fingerprint density at radius 3 is 2.59 bits per heavy atom. The van der Waals surface area contributed by atoms with Crippen molar-refractivity contribution in [3.05, 3.63) is 42.3 Å². The van der Waals surface area contributed by atoms with Gasteiger partial charge in [-0.25, -0.2) is 14.2 Å². The third-order valence-corrected chi connectivity index (χ3v) is 7.57. The van der Waals surface area contributed by atoms with Crippen LogP contribution < -0.4 is 10.2 Å². The number of benzene rings is 1. The van der Waals surface area contributed by atoms with Crippen molar-refractivity contribution >= 4 is 29.0 Å². The van der Waals surface area contributed by atoms with E-state index in [0.717, 1.165) is 18.2 Å². The molecule has 0 bridgehead atoms. The highest BCUT2D eigenvalue weighted by atomic mass is 19.1. The van der Waals surface area contributed by atoms with Crippen molar-refractivity contribution < 1.29 is 19.1 Å². The number of carbonyl (C=O) groups excluding carboxylic acids is 1. The molecule has 3 aromatic rings. The number of rotatable bonds is 7. The van der Waals surface area contributed by atoms with Gasteiger partial charge in [0.25, 0.3) is 0 Å². The zero-order chi connectivity index (χ0) is 26.3. The standard InChI is InChI=1S/C27H33FN6O3/c1-17(2)12-18(13-22(35)29-3)34-10-8-20-23(19-6-4-5-7-21(19)28)30-25(31-24(20)34)32-11-9-27(14-32)15-33(16-27)26(36)37/h4-8,10,17-18H,9,11-16H2,1-3H3,(H,29,35)(H,36,37)/t18-/m1/s1. The van der Waals surface area contributed by atoms with Gasteiger partial charge in [0.05, 0.1) is 5.69 Å². The van der Waals surface area contributed by atoms with Crippen molar-refractivity contribution in [1.29, 1.82) is 0 Å². The van der Waals surface area contributed by atoms with Crippen molar-refractivity contribution in [2.45, 2.75) is 39.2 Å². The van der Waals surface area contributed by atoms with Gasteiger partial charge in [-0.15, -0.1) is 0 Å². The van der Waals surface area contributed by atoms with E-state index in [2.05, 4.69) is 24.1 Å². The lowest BCUT2D eigenvalue weighted by Gasteiger charge is -2.46. The molecule has 0 aliphatic carbocycles. The lowest BCUT2D eigenvalue weighted by molar-refractivity contribution is -0.121. The van der Waals surface area contributed by atoms with Gasteiger partial charge in [0, 0.05) is 68.3 Å². The molecule has 4 heterocycles. The molecule has 1 spiro atoms. The minimum atomic E-state index is -0.895. The maximum atomic E-state index is 15.0. The topological polar surface area (TPSA) is 104 Å². The molecule has 1 atom stereocenters. The first-order valence-electron chi connectivity index (χ1n) is 12.8. The average Bonchev–Trinajstić information content (AvgIpc) is 3.47. The summed E-state index contributed by atoms with van der Waals surface area (Å²) in [7, 11) is 1.63. The molecule has 2 fully saturated rings. The van der Waals surface area contributed by atoms with Crippen LogP contribution in [0.4, 0.5) is 15.1 Å². The van der Waals surface area contributed by atoms with E-state index in [0.29, 0.717) is 61.4 Å². The van der Waals surface area contributed by atoms with Gasteiger partial charge in [-0.2, -0.15) is 4.98 Å². The predicted octanol–water partition coefficient (Wildman–Crippen LogP) is 4.15. The van der Waals surface area contributed by atoms with Crippen LogP contribution in [0, 0.1) is 17.2 Å². The Kier molecular flexibility index (Phi) is 6.51. The van der Waals surface area contributed by atoms with Crippen LogP contribution in [0.2, 0.25) is 0 Å². The Morgan fingerprint density at radius 1 is 1.16 bits per heavy atom. The largest absolute Gasteiger partial charge is 0.465 e. The molecule has 2 aromatic heterocycles. The fraction of sp³-hybridized carbons (Fsp3) is 0.481. The lowest BCUT2D eigenvalue weighted by Crippen LogP contribution is -2.59. The molecule has 5 rings (SSSR count). The van der Waals surface area contributed by atoms with Gasteiger partial charge in [0.15, 0.2) is 0 Å². The number of hydrogen-bond acceptors (Lipinski definition) is 5. The highest BCUT2D eigenvalue weighted by Gasteiger charge is 2.50. The first-order chi connectivity index (χ1) is 17.7. The van der Waals surface area contributed by atoms with Crippen molar-refractivity contribution in [3.8, 4) is 11.3 Å². The Bertz CT molecular complexity index is 1330. The molecule has 0 radical (unpaired) electrons. The number of nitrogens with one attached hydrogen (secondary N) is 1. The normalized spacial score (nSPS) is 17.4. The molecule has 2 saturated heterocycles. The minimum Gasteiger partial charge on any atom is -0.465 e. The first kappa shape index (κ1) is 25.0. The zero-order valence-corrected chi connectivity index (χ0v) is 21.4. The maximum Gasteiger partial charge on any atom is 0.407 e. The number of carboxylic acid groups (broad SMARTS) is 1. The minimum absolute atomic E-state index is 0.0504. The van der Waals surface area contributed by atoms with Crippen molar-refractivity contribution in [3.63, 3.8) is 0 Å². The number of carbonyl (C=O) groups is 2. The van der Waals surface area contributed by atoms with Gasteiger partial charge in [0.2, 0.25) is 11.9 Å². The molecular weight excluding hydrogens is 475 g/mol. The Morgan fingerprint density at radius 2 is 1.92 bits per heavy atom. The van der Waals surface area contributed by atoms with E-state index in [-0.39, 0.29) is 23.2 Å². The Hall–Kier alpha value is -3.69. The number of nitrogens with zero attached hydrogens (tertiary/aromatic N) is 5. The van der Waals surface area contributed by atoms with E-state index >= 15 is 0 Å². The van der Waals surface area contributed by atoms with Crippen molar-refractivity contribution in [2.24, 2.45) is 11.3 Å². The van der Waals surface area contributed by atoms with Crippen LogP contribution in [0.3, 0.4) is 0 Å². The van der Waals surface area contributed by atoms with Gasteiger partial charge in [0.1, 0.15) is 11.5 Å². The predicted molar refractivity (Wildman–Crippen MR) is 139 cm³/mol. The van der Waals surface area contributed by atoms with E-state index in [1.807, 2.05) is 16.8 Å². The summed E-state index contributed by atoms with van der Waals surface area (Å²) in [6.45, 7) is 6.59. The number of aromatic nitrogens is 3. The SMILES string of the molecule is CNC(=O)C[C@@H](CC(C)C)n1ccc2c(-c3ccccc3F)nc(N3CCC4(CN(C(=O)O)C4)C3)nc21. The number of fused-ring (bicyclic) bond motifs is 1. The molecule has 196 valence electrons. The maximum absolute atomic E-state index is 15.0. The monoisotopic (exact) mass is 508 g/mol. The highest BCUT2D eigenvalue weighted by Crippen LogP contribution is 2.41. The van der Waals surface area contributed by atoms with Gasteiger partial charge >= 0.3 is 6.09 Å².